The van der Waals surface area contributed by atoms with Gasteiger partial charge in [-0.1, -0.05) is 25.1 Å². The van der Waals surface area contributed by atoms with Gasteiger partial charge >= 0.3 is 0 Å². The lowest BCUT2D eigenvalue weighted by Gasteiger charge is -2.51. The van der Waals surface area contributed by atoms with Crippen LogP contribution in [0.1, 0.15) is 43.1 Å². The Morgan fingerprint density at radius 3 is 2.62 bits per heavy atom. The first-order valence-electron chi connectivity index (χ1n) is 22.4. The molecule has 350 valence electrons. The van der Waals surface area contributed by atoms with E-state index in [0.717, 1.165) is 11.3 Å². The summed E-state index contributed by atoms with van der Waals surface area (Å²) in [5.74, 6) is -0.0140. The van der Waals surface area contributed by atoms with Crippen LogP contribution in [0.25, 0.3) is 21.7 Å². The topological polar surface area (TPSA) is 256 Å². The van der Waals surface area contributed by atoms with Crippen LogP contribution in [-0.2, 0) is 27.4 Å². The monoisotopic (exact) mass is 908 g/mol. The fourth-order valence-corrected chi connectivity index (χ4v) is 10.6. The van der Waals surface area contributed by atoms with E-state index in [1.54, 1.807) is 19.2 Å². The van der Waals surface area contributed by atoms with Gasteiger partial charge in [0.15, 0.2) is 16.8 Å². The zero-order valence-electron chi connectivity index (χ0n) is 36.9. The molecular weight excluding hydrogens is 853 g/mol. The van der Waals surface area contributed by atoms with Crippen molar-refractivity contribution in [2.75, 3.05) is 38.3 Å². The largest absolute Gasteiger partial charge is 0.508 e. The van der Waals surface area contributed by atoms with Crippen LogP contribution in [0, 0.1) is 24.7 Å². The van der Waals surface area contributed by atoms with Gasteiger partial charge in [-0.05, 0) is 86.0 Å². The van der Waals surface area contributed by atoms with Gasteiger partial charge in [-0.25, -0.2) is 9.78 Å². The second-order valence-electron chi connectivity index (χ2n) is 18.3. The van der Waals surface area contributed by atoms with Crippen LogP contribution in [0.5, 0.6) is 17.2 Å². The van der Waals surface area contributed by atoms with E-state index in [-0.39, 0.29) is 53.1 Å². The van der Waals surface area contributed by atoms with Gasteiger partial charge in [0, 0.05) is 73.3 Å². The summed E-state index contributed by atoms with van der Waals surface area (Å²) in [6, 6.07) is 10.2. The number of benzene rings is 3. The Morgan fingerprint density at radius 2 is 1.88 bits per heavy atom. The average molecular weight is 909 g/mol. The Bertz CT molecular complexity index is 2730. The Balaban J connectivity index is 1.15. The summed E-state index contributed by atoms with van der Waals surface area (Å²) in [7, 11) is 1.82. The molecular formula is C49H56N4O13. The molecule has 0 radical (unpaired) electrons. The maximum atomic E-state index is 13.9. The minimum absolute atomic E-state index is 0.0526. The quantitative estimate of drug-likeness (QED) is 0.0472. The molecule has 5 aliphatic rings. The van der Waals surface area contributed by atoms with Crippen LogP contribution in [0.15, 0.2) is 92.4 Å². The van der Waals surface area contributed by atoms with Gasteiger partial charge in [0.1, 0.15) is 65.2 Å². The Kier molecular flexibility index (Phi) is 12.3. The fraction of sp³-hybridized carbons (Fsp3) is 0.449. The molecule has 10 atom stereocenters. The second kappa shape index (κ2) is 17.9. The summed E-state index contributed by atoms with van der Waals surface area (Å²) >= 11 is 0. The molecule has 1 fully saturated rings. The zero-order chi connectivity index (χ0) is 46.7. The number of aliphatic hydroxyl groups is 5. The highest BCUT2D eigenvalue weighted by atomic mass is 17.2. The highest BCUT2D eigenvalue weighted by molar-refractivity contribution is 5.97. The van der Waals surface area contributed by atoms with Crippen LogP contribution in [0.2, 0.25) is 0 Å². The molecule has 0 saturated carbocycles. The SMILES string of the molecule is CCC1C2=CC=NC2=CN1c1c2c(cc3c(=O)cc(C)oc13)CC(OOCC(O)(Cc1ccc(O)c3ccc(O)cc13)C(O)C(O)C(O)CO)C1(CC(C3CNC(=O)C3)C=CC1CNC)O2. The van der Waals surface area contributed by atoms with E-state index >= 15 is 0 Å². The van der Waals surface area contributed by atoms with E-state index in [0.29, 0.717) is 82.4 Å². The highest BCUT2D eigenvalue weighted by Crippen LogP contribution is 2.54. The first-order chi connectivity index (χ1) is 31.7. The third-order valence-corrected chi connectivity index (χ3v) is 14.1. The van der Waals surface area contributed by atoms with Crippen molar-refractivity contribution in [2.24, 2.45) is 22.7 Å². The Morgan fingerprint density at radius 1 is 1.06 bits per heavy atom. The predicted octanol–water partition coefficient (Wildman–Crippen LogP) is 2.70. The van der Waals surface area contributed by atoms with Crippen molar-refractivity contribution in [3.8, 4) is 17.2 Å². The molecule has 1 amide bonds. The van der Waals surface area contributed by atoms with Crippen molar-refractivity contribution in [3.63, 3.8) is 0 Å². The number of nitrogens with zero attached hydrogens (tertiary/aromatic N) is 2. The number of allylic oxidation sites excluding steroid dienone is 2. The van der Waals surface area contributed by atoms with E-state index in [1.807, 2.05) is 19.3 Å². The lowest BCUT2D eigenvalue weighted by Crippen LogP contribution is -2.62. The number of phenols is 2. The van der Waals surface area contributed by atoms with Crippen molar-refractivity contribution in [1.29, 1.82) is 0 Å². The molecule has 1 saturated heterocycles. The molecule has 1 aromatic heterocycles. The molecule has 10 unspecified atom stereocenters. The van der Waals surface area contributed by atoms with E-state index in [2.05, 4.69) is 39.6 Å². The molecule has 1 spiro atoms. The van der Waals surface area contributed by atoms with Crippen LogP contribution < -0.4 is 25.7 Å². The van der Waals surface area contributed by atoms with Crippen molar-refractivity contribution in [1.82, 2.24) is 10.6 Å². The molecule has 4 aromatic rings. The van der Waals surface area contributed by atoms with Crippen LogP contribution in [0.4, 0.5) is 5.69 Å². The first-order valence-corrected chi connectivity index (χ1v) is 22.4. The van der Waals surface area contributed by atoms with Gasteiger partial charge in [0.2, 0.25) is 5.91 Å². The highest BCUT2D eigenvalue weighted by Gasteiger charge is 2.56. The molecule has 1 aliphatic carbocycles. The number of aromatic hydroxyl groups is 2. The number of carbonyl (C=O) groups is 1. The third kappa shape index (κ3) is 7.96. The standard InChI is InChI=1S/C49H56N4O13/c1-4-37-33-11-12-51-36(33)22-53(37)43-45-28(14-35-39(57)13-25(2)64-46(35)43)15-41(49(65-45)19-26(5-7-30(49)21-50-3)29-16-42(59)52-20-29)66-63-24-48(62,47(61)44(60)40(58)23-54)18-27-6-10-38(56)32-9-8-31(55)17-34(27)32/h5-14,17,22,26,29-30,37,40-41,44,47,50,54-56,58,60-62H,4,15-16,18-21,23-24H2,1-3H3,(H,52,59). The lowest BCUT2D eigenvalue weighted by molar-refractivity contribution is -0.376. The number of ether oxygens (including phenoxy) is 1. The molecule has 66 heavy (non-hydrogen) atoms. The van der Waals surface area contributed by atoms with Crippen LogP contribution in [-0.4, -0.2) is 123 Å². The number of phenolic OH excluding ortho intramolecular Hbond substituents is 2. The second-order valence-corrected chi connectivity index (χ2v) is 18.3. The summed E-state index contributed by atoms with van der Waals surface area (Å²) in [4.78, 5) is 45.7. The molecule has 9 N–H and O–H groups in total. The predicted molar refractivity (Wildman–Crippen MR) is 243 cm³/mol. The molecule has 4 aliphatic heterocycles. The number of carbonyl (C=O) groups excluding carboxylic acids is 1. The number of aryl methyl sites for hydroxylation is 1. The van der Waals surface area contributed by atoms with Crippen LogP contribution >= 0.6 is 0 Å². The number of rotatable bonds is 15. The number of aliphatic hydroxyl groups excluding tert-OH is 4. The molecule has 0 bridgehead atoms. The van der Waals surface area contributed by atoms with E-state index in [4.69, 9.17) is 18.9 Å². The van der Waals surface area contributed by atoms with Gasteiger partial charge in [-0.2, -0.15) is 0 Å². The normalized spacial score (nSPS) is 26.8. The number of amides is 1. The third-order valence-electron chi connectivity index (χ3n) is 14.1. The molecule has 17 heteroatoms. The Hall–Kier alpha value is -5.63. The summed E-state index contributed by atoms with van der Waals surface area (Å²) in [5, 5.41) is 83.5. The first kappa shape index (κ1) is 45.5. The average Bonchev–Trinajstić information content (AvgIpc) is 4.04. The maximum absolute atomic E-state index is 13.9. The number of hydrogen-bond acceptors (Lipinski definition) is 16. The van der Waals surface area contributed by atoms with E-state index < -0.39 is 55.3 Å². The van der Waals surface area contributed by atoms with Crippen molar-refractivity contribution in [3.05, 3.63) is 105 Å². The molecule has 17 nitrogen and oxygen atoms in total. The summed E-state index contributed by atoms with van der Waals surface area (Å²) < 4.78 is 14.0. The number of nitrogens with one attached hydrogen (secondary N) is 2. The summed E-state index contributed by atoms with van der Waals surface area (Å²) in [5.41, 5.74) is -0.286. The van der Waals surface area contributed by atoms with Crippen molar-refractivity contribution >= 4 is 39.6 Å². The zero-order valence-corrected chi connectivity index (χ0v) is 36.9. The number of fused-ring (bicyclic) bond motifs is 4. The summed E-state index contributed by atoms with van der Waals surface area (Å²) in [6.07, 6.45) is 3.87. The van der Waals surface area contributed by atoms with E-state index in [9.17, 15) is 45.3 Å². The number of anilines is 1. The van der Waals surface area contributed by atoms with Gasteiger partial charge < -0.3 is 60.4 Å². The molecule has 9 rings (SSSR count). The van der Waals surface area contributed by atoms with Crippen molar-refractivity contribution < 1.29 is 59.5 Å². The minimum Gasteiger partial charge on any atom is -0.508 e. The minimum atomic E-state index is -2.44. The van der Waals surface area contributed by atoms with Gasteiger partial charge in [-0.3, -0.25) is 14.6 Å². The molecule has 5 heterocycles. The van der Waals surface area contributed by atoms with E-state index in [1.165, 1.54) is 36.4 Å². The Labute approximate surface area is 379 Å². The smallest absolute Gasteiger partial charge is 0.220 e. The van der Waals surface area contributed by atoms with Gasteiger partial charge in [0.05, 0.1) is 23.7 Å². The van der Waals surface area contributed by atoms with Crippen molar-refractivity contribution in [2.45, 2.75) is 87.6 Å². The summed E-state index contributed by atoms with van der Waals surface area (Å²) in [6.45, 7) is 2.94. The van der Waals surface area contributed by atoms with Crippen LogP contribution in [0.3, 0.4) is 0 Å². The maximum Gasteiger partial charge on any atom is 0.220 e. The number of aliphatic imine (C=N–C) groups is 1. The fourth-order valence-electron chi connectivity index (χ4n) is 10.6. The van der Waals surface area contributed by atoms with Gasteiger partial charge in [0.25, 0.3) is 0 Å². The number of hydrogen-bond donors (Lipinski definition) is 9. The molecule has 3 aromatic carbocycles. The lowest BCUT2D eigenvalue weighted by atomic mass is 9.66. The van der Waals surface area contributed by atoms with Gasteiger partial charge in [-0.15, -0.1) is 0 Å².